The summed E-state index contributed by atoms with van der Waals surface area (Å²) in [6, 6.07) is 8.24. The van der Waals surface area contributed by atoms with Crippen LogP contribution >= 0.6 is 0 Å². The fraction of sp³-hybridized carbons (Fsp3) is 0.680. The molecule has 1 aromatic rings. The van der Waals surface area contributed by atoms with Crippen molar-refractivity contribution in [2.75, 3.05) is 45.8 Å². The highest BCUT2D eigenvalue weighted by Crippen LogP contribution is 2.23. The van der Waals surface area contributed by atoms with E-state index in [9.17, 15) is 9.59 Å². The number of piperidine rings is 1. The zero-order chi connectivity index (χ0) is 20.8. The van der Waals surface area contributed by atoms with Gasteiger partial charge in [-0.1, -0.05) is 25.0 Å². The molecule has 0 saturated carbocycles. The number of carbonyl (C=O) groups excluding carboxylic acids is 2. The minimum atomic E-state index is 0.176. The fourth-order valence-corrected chi connectivity index (χ4v) is 5.19. The van der Waals surface area contributed by atoms with Gasteiger partial charge in [0.1, 0.15) is 0 Å². The van der Waals surface area contributed by atoms with Gasteiger partial charge in [-0.3, -0.25) is 14.5 Å². The van der Waals surface area contributed by atoms with E-state index in [-0.39, 0.29) is 5.91 Å². The zero-order valence-corrected chi connectivity index (χ0v) is 18.4. The Balaban J connectivity index is 1.21. The molecule has 5 nitrogen and oxygen atoms in total. The van der Waals surface area contributed by atoms with Crippen LogP contribution in [-0.2, 0) is 11.2 Å². The summed E-state index contributed by atoms with van der Waals surface area (Å²) in [5.41, 5.74) is 2.12. The van der Waals surface area contributed by atoms with Gasteiger partial charge < -0.3 is 9.80 Å². The van der Waals surface area contributed by atoms with Gasteiger partial charge in [-0.2, -0.15) is 0 Å². The Hall–Kier alpha value is -1.88. The highest BCUT2D eigenvalue weighted by atomic mass is 16.2. The van der Waals surface area contributed by atoms with Gasteiger partial charge in [0.2, 0.25) is 5.91 Å². The van der Waals surface area contributed by atoms with Crippen molar-refractivity contribution in [3.8, 4) is 0 Å². The predicted molar refractivity (Wildman–Crippen MR) is 119 cm³/mol. The molecule has 3 fully saturated rings. The van der Waals surface area contributed by atoms with Crippen LogP contribution in [0.5, 0.6) is 0 Å². The predicted octanol–water partition coefficient (Wildman–Crippen LogP) is 3.58. The summed E-state index contributed by atoms with van der Waals surface area (Å²) < 4.78 is 0. The summed E-state index contributed by atoms with van der Waals surface area (Å²) >= 11 is 0. The van der Waals surface area contributed by atoms with Crippen LogP contribution in [0.1, 0.15) is 67.3 Å². The van der Waals surface area contributed by atoms with Gasteiger partial charge in [0, 0.05) is 31.7 Å². The first-order valence-electron chi connectivity index (χ1n) is 12.1. The molecule has 3 heterocycles. The summed E-state index contributed by atoms with van der Waals surface area (Å²) in [5, 5.41) is 0. The lowest BCUT2D eigenvalue weighted by Gasteiger charge is -2.33. The molecule has 1 aromatic carbocycles. The van der Waals surface area contributed by atoms with Crippen LogP contribution in [0.25, 0.3) is 0 Å². The Labute approximate surface area is 181 Å². The summed E-state index contributed by atoms with van der Waals surface area (Å²) in [7, 11) is 0. The normalized spacial score (nSPS) is 21.6. The molecule has 2 amide bonds. The van der Waals surface area contributed by atoms with Crippen molar-refractivity contribution in [2.24, 2.45) is 5.92 Å². The SMILES string of the molecule is O=C(CN1CCCCCC1)N1CCC(Cc2ccc(C(=O)N3CCCC3)cc2)CC1. The third-order valence-corrected chi connectivity index (χ3v) is 7.14. The average Bonchev–Trinajstić information content (AvgIpc) is 3.19. The molecule has 0 bridgehead atoms. The Bertz CT molecular complexity index is 696. The molecule has 164 valence electrons. The quantitative estimate of drug-likeness (QED) is 0.744. The van der Waals surface area contributed by atoms with Crippen LogP contribution in [0.3, 0.4) is 0 Å². The van der Waals surface area contributed by atoms with Crippen molar-refractivity contribution < 1.29 is 9.59 Å². The van der Waals surface area contributed by atoms with E-state index >= 15 is 0 Å². The van der Waals surface area contributed by atoms with Crippen LogP contribution < -0.4 is 0 Å². The lowest BCUT2D eigenvalue weighted by Crippen LogP contribution is -2.44. The third kappa shape index (κ3) is 5.63. The Morgan fingerprint density at radius 3 is 1.97 bits per heavy atom. The Kier molecular flexibility index (Phi) is 7.42. The van der Waals surface area contributed by atoms with Crippen LogP contribution in [-0.4, -0.2) is 72.3 Å². The second-order valence-corrected chi connectivity index (χ2v) is 9.41. The lowest BCUT2D eigenvalue weighted by atomic mass is 9.90. The molecule has 3 aliphatic rings. The number of nitrogens with zero attached hydrogens (tertiary/aromatic N) is 3. The van der Waals surface area contributed by atoms with Gasteiger partial charge in [0.05, 0.1) is 6.54 Å². The molecule has 0 radical (unpaired) electrons. The van der Waals surface area contributed by atoms with E-state index in [0.29, 0.717) is 18.4 Å². The molecular formula is C25H37N3O2. The Morgan fingerprint density at radius 2 is 1.33 bits per heavy atom. The second-order valence-electron chi connectivity index (χ2n) is 9.41. The molecule has 0 N–H and O–H groups in total. The maximum absolute atomic E-state index is 12.7. The van der Waals surface area contributed by atoms with E-state index in [1.54, 1.807) is 0 Å². The van der Waals surface area contributed by atoms with Gasteiger partial charge in [0.25, 0.3) is 5.91 Å². The Morgan fingerprint density at radius 1 is 0.733 bits per heavy atom. The standard InChI is InChI=1S/C25H37N3O2/c29-24(20-26-13-3-1-2-4-14-26)27-17-11-22(12-18-27)19-21-7-9-23(10-8-21)25(30)28-15-5-6-16-28/h7-10,22H,1-6,11-20H2. The first kappa shape index (κ1) is 21.4. The first-order valence-corrected chi connectivity index (χ1v) is 12.1. The van der Waals surface area contributed by atoms with E-state index in [1.165, 1.54) is 31.2 Å². The maximum Gasteiger partial charge on any atom is 0.253 e. The van der Waals surface area contributed by atoms with Crippen LogP contribution in [0.15, 0.2) is 24.3 Å². The molecule has 0 unspecified atom stereocenters. The number of hydrogen-bond acceptors (Lipinski definition) is 3. The molecule has 3 saturated heterocycles. The molecule has 0 spiro atoms. The van der Waals surface area contributed by atoms with Crippen molar-refractivity contribution in [2.45, 2.75) is 57.8 Å². The smallest absolute Gasteiger partial charge is 0.253 e. The van der Waals surface area contributed by atoms with Gasteiger partial charge in [-0.05, 0) is 81.6 Å². The minimum absolute atomic E-state index is 0.176. The number of carbonyl (C=O) groups is 2. The van der Waals surface area contributed by atoms with Gasteiger partial charge in [-0.25, -0.2) is 0 Å². The lowest BCUT2D eigenvalue weighted by molar-refractivity contribution is -0.133. The highest BCUT2D eigenvalue weighted by Gasteiger charge is 2.25. The maximum atomic E-state index is 12.7. The summed E-state index contributed by atoms with van der Waals surface area (Å²) in [5.74, 6) is 1.13. The van der Waals surface area contributed by atoms with Crippen molar-refractivity contribution in [1.29, 1.82) is 0 Å². The number of amides is 2. The summed E-state index contributed by atoms with van der Waals surface area (Å²) in [6.45, 7) is 6.35. The molecule has 0 aliphatic carbocycles. The van der Waals surface area contributed by atoms with E-state index in [0.717, 1.165) is 76.9 Å². The molecule has 3 aliphatic heterocycles. The van der Waals surface area contributed by atoms with E-state index in [1.807, 2.05) is 17.0 Å². The van der Waals surface area contributed by atoms with Crippen LogP contribution in [0.4, 0.5) is 0 Å². The van der Waals surface area contributed by atoms with E-state index in [2.05, 4.69) is 21.9 Å². The van der Waals surface area contributed by atoms with Crippen molar-refractivity contribution in [3.05, 3.63) is 35.4 Å². The topological polar surface area (TPSA) is 43.9 Å². The number of likely N-dealkylation sites (tertiary alicyclic amines) is 3. The second kappa shape index (κ2) is 10.4. The molecule has 5 heteroatoms. The van der Waals surface area contributed by atoms with Gasteiger partial charge in [-0.15, -0.1) is 0 Å². The summed E-state index contributed by atoms with van der Waals surface area (Å²) in [4.78, 5) is 31.6. The molecule has 0 atom stereocenters. The molecule has 30 heavy (non-hydrogen) atoms. The minimum Gasteiger partial charge on any atom is -0.342 e. The van der Waals surface area contributed by atoms with Crippen molar-refractivity contribution >= 4 is 11.8 Å². The van der Waals surface area contributed by atoms with Crippen molar-refractivity contribution in [1.82, 2.24) is 14.7 Å². The molecule has 4 rings (SSSR count). The number of rotatable bonds is 5. The van der Waals surface area contributed by atoms with Crippen LogP contribution in [0.2, 0.25) is 0 Å². The first-order chi connectivity index (χ1) is 14.7. The largest absolute Gasteiger partial charge is 0.342 e. The molecular weight excluding hydrogens is 374 g/mol. The van der Waals surface area contributed by atoms with Gasteiger partial charge >= 0.3 is 0 Å². The van der Waals surface area contributed by atoms with E-state index < -0.39 is 0 Å². The zero-order valence-electron chi connectivity index (χ0n) is 18.4. The summed E-state index contributed by atoms with van der Waals surface area (Å²) in [6.07, 6.45) is 10.6. The monoisotopic (exact) mass is 411 g/mol. The third-order valence-electron chi connectivity index (χ3n) is 7.14. The average molecular weight is 412 g/mol. The van der Waals surface area contributed by atoms with E-state index in [4.69, 9.17) is 0 Å². The van der Waals surface area contributed by atoms with Crippen LogP contribution in [0, 0.1) is 5.92 Å². The molecule has 0 aromatic heterocycles. The number of benzene rings is 1. The van der Waals surface area contributed by atoms with Gasteiger partial charge in [0.15, 0.2) is 0 Å². The van der Waals surface area contributed by atoms with Crippen molar-refractivity contribution in [3.63, 3.8) is 0 Å². The number of hydrogen-bond donors (Lipinski definition) is 0. The highest BCUT2D eigenvalue weighted by molar-refractivity contribution is 5.94. The fourth-order valence-electron chi connectivity index (χ4n) is 5.19.